The molecule has 1 rings (SSSR count). The maximum atomic E-state index is 3.63. The van der Waals surface area contributed by atoms with Gasteiger partial charge in [0.1, 0.15) is 0 Å². The summed E-state index contributed by atoms with van der Waals surface area (Å²) in [6.45, 7) is 11.6. The molecule has 0 spiro atoms. The molecule has 19 heavy (non-hydrogen) atoms. The van der Waals surface area contributed by atoms with E-state index in [1.807, 2.05) is 0 Å². The summed E-state index contributed by atoms with van der Waals surface area (Å²) in [4.78, 5) is 2.65. The summed E-state index contributed by atoms with van der Waals surface area (Å²) in [7, 11) is 2.35. The highest BCUT2D eigenvalue weighted by atomic mass is 15.1. The van der Waals surface area contributed by atoms with Gasteiger partial charge < -0.3 is 10.2 Å². The first-order valence-electron chi connectivity index (χ1n) is 8.40. The van der Waals surface area contributed by atoms with Gasteiger partial charge in [0.2, 0.25) is 0 Å². The van der Waals surface area contributed by atoms with Crippen LogP contribution < -0.4 is 5.32 Å². The SMILES string of the molecule is CCC(C)(CNC(C)C)CN(C)C1CCCCCC1. The lowest BCUT2D eigenvalue weighted by Crippen LogP contribution is -2.45. The molecule has 1 aliphatic rings. The minimum Gasteiger partial charge on any atom is -0.314 e. The van der Waals surface area contributed by atoms with Crippen LogP contribution in [0.3, 0.4) is 0 Å². The Labute approximate surface area is 121 Å². The average molecular weight is 268 g/mol. The van der Waals surface area contributed by atoms with E-state index < -0.39 is 0 Å². The molecule has 2 nitrogen and oxygen atoms in total. The summed E-state index contributed by atoms with van der Waals surface area (Å²) >= 11 is 0. The Morgan fingerprint density at radius 1 is 1.16 bits per heavy atom. The molecule has 114 valence electrons. The molecule has 1 N–H and O–H groups in total. The van der Waals surface area contributed by atoms with E-state index in [2.05, 4.69) is 45.0 Å². The van der Waals surface area contributed by atoms with Gasteiger partial charge in [-0.15, -0.1) is 0 Å². The number of hydrogen-bond acceptors (Lipinski definition) is 2. The molecule has 0 aromatic rings. The van der Waals surface area contributed by atoms with Crippen LogP contribution >= 0.6 is 0 Å². The lowest BCUT2D eigenvalue weighted by atomic mass is 9.86. The number of nitrogens with one attached hydrogen (secondary N) is 1. The Kier molecular flexibility index (Phi) is 7.38. The summed E-state index contributed by atoms with van der Waals surface area (Å²) in [5, 5.41) is 3.63. The largest absolute Gasteiger partial charge is 0.314 e. The second-order valence-electron chi connectivity index (χ2n) is 7.26. The van der Waals surface area contributed by atoms with Crippen LogP contribution in [0.5, 0.6) is 0 Å². The Balaban J connectivity index is 2.47. The zero-order valence-electron chi connectivity index (χ0n) is 14.0. The molecule has 0 bridgehead atoms. The van der Waals surface area contributed by atoms with Crippen LogP contribution in [-0.4, -0.2) is 37.1 Å². The third kappa shape index (κ3) is 6.27. The van der Waals surface area contributed by atoms with Crippen molar-refractivity contribution in [2.75, 3.05) is 20.1 Å². The van der Waals surface area contributed by atoms with E-state index in [1.54, 1.807) is 0 Å². The predicted octanol–water partition coefficient (Wildman–Crippen LogP) is 4.06. The highest BCUT2D eigenvalue weighted by molar-refractivity contribution is 4.83. The van der Waals surface area contributed by atoms with E-state index in [9.17, 15) is 0 Å². The minimum atomic E-state index is 0.408. The monoisotopic (exact) mass is 268 g/mol. The van der Waals surface area contributed by atoms with Gasteiger partial charge >= 0.3 is 0 Å². The zero-order valence-corrected chi connectivity index (χ0v) is 14.0. The summed E-state index contributed by atoms with van der Waals surface area (Å²) in [5.74, 6) is 0. The molecule has 1 saturated carbocycles. The molecular weight excluding hydrogens is 232 g/mol. The topological polar surface area (TPSA) is 15.3 Å². The summed E-state index contributed by atoms with van der Waals surface area (Å²) < 4.78 is 0. The third-order valence-electron chi connectivity index (χ3n) is 4.87. The molecule has 0 heterocycles. The molecule has 0 aliphatic heterocycles. The lowest BCUT2D eigenvalue weighted by Gasteiger charge is -2.37. The van der Waals surface area contributed by atoms with Crippen LogP contribution in [0.2, 0.25) is 0 Å². The van der Waals surface area contributed by atoms with Crippen molar-refractivity contribution in [1.29, 1.82) is 0 Å². The van der Waals surface area contributed by atoms with Crippen LogP contribution in [0.4, 0.5) is 0 Å². The highest BCUT2D eigenvalue weighted by Gasteiger charge is 2.27. The molecule has 1 atom stereocenters. The number of hydrogen-bond donors (Lipinski definition) is 1. The van der Waals surface area contributed by atoms with Crippen molar-refractivity contribution in [1.82, 2.24) is 10.2 Å². The fourth-order valence-corrected chi connectivity index (χ4v) is 3.17. The van der Waals surface area contributed by atoms with Crippen molar-refractivity contribution in [3.05, 3.63) is 0 Å². The quantitative estimate of drug-likeness (QED) is 0.701. The van der Waals surface area contributed by atoms with Crippen molar-refractivity contribution in [3.63, 3.8) is 0 Å². The molecule has 0 aromatic carbocycles. The molecule has 2 heteroatoms. The fraction of sp³-hybridized carbons (Fsp3) is 1.00. The molecule has 0 aromatic heterocycles. The lowest BCUT2D eigenvalue weighted by molar-refractivity contribution is 0.129. The average Bonchev–Trinajstić information content (AvgIpc) is 2.65. The molecule has 1 fully saturated rings. The van der Waals surface area contributed by atoms with Crippen LogP contribution in [-0.2, 0) is 0 Å². The Bertz CT molecular complexity index is 231. The molecular formula is C17H36N2. The fourth-order valence-electron chi connectivity index (χ4n) is 3.17. The van der Waals surface area contributed by atoms with E-state index >= 15 is 0 Å². The van der Waals surface area contributed by atoms with Crippen molar-refractivity contribution < 1.29 is 0 Å². The second kappa shape index (κ2) is 8.26. The zero-order chi connectivity index (χ0) is 14.3. The van der Waals surface area contributed by atoms with Gasteiger partial charge in [0.05, 0.1) is 0 Å². The maximum Gasteiger partial charge on any atom is 0.00924 e. The van der Waals surface area contributed by atoms with Crippen molar-refractivity contribution in [2.45, 2.75) is 84.7 Å². The van der Waals surface area contributed by atoms with Gasteiger partial charge in [0, 0.05) is 25.2 Å². The molecule has 0 amide bonds. The normalized spacial score (nSPS) is 21.6. The van der Waals surface area contributed by atoms with Crippen molar-refractivity contribution >= 4 is 0 Å². The van der Waals surface area contributed by atoms with E-state index in [-0.39, 0.29) is 0 Å². The van der Waals surface area contributed by atoms with Crippen LogP contribution in [0.1, 0.15) is 72.6 Å². The Morgan fingerprint density at radius 3 is 2.21 bits per heavy atom. The number of nitrogens with zero attached hydrogens (tertiary/aromatic N) is 1. The summed E-state index contributed by atoms with van der Waals surface area (Å²) in [5.41, 5.74) is 0.408. The van der Waals surface area contributed by atoms with Crippen molar-refractivity contribution in [3.8, 4) is 0 Å². The van der Waals surface area contributed by atoms with Gasteiger partial charge in [0.25, 0.3) is 0 Å². The van der Waals surface area contributed by atoms with E-state index in [4.69, 9.17) is 0 Å². The van der Waals surface area contributed by atoms with Crippen LogP contribution in [0.15, 0.2) is 0 Å². The maximum absolute atomic E-state index is 3.63. The van der Waals surface area contributed by atoms with Crippen molar-refractivity contribution in [2.24, 2.45) is 5.41 Å². The molecule has 0 radical (unpaired) electrons. The van der Waals surface area contributed by atoms with E-state index in [1.165, 1.54) is 51.5 Å². The van der Waals surface area contributed by atoms with Gasteiger partial charge in [-0.05, 0) is 31.7 Å². The van der Waals surface area contributed by atoms with Crippen LogP contribution in [0, 0.1) is 5.41 Å². The second-order valence-corrected chi connectivity index (χ2v) is 7.26. The molecule has 1 unspecified atom stereocenters. The summed E-state index contributed by atoms with van der Waals surface area (Å²) in [6.07, 6.45) is 9.84. The van der Waals surface area contributed by atoms with Gasteiger partial charge in [-0.1, -0.05) is 53.4 Å². The van der Waals surface area contributed by atoms with Gasteiger partial charge in [0.15, 0.2) is 0 Å². The highest BCUT2D eigenvalue weighted by Crippen LogP contribution is 2.26. The first-order valence-corrected chi connectivity index (χ1v) is 8.40. The predicted molar refractivity (Wildman–Crippen MR) is 85.7 cm³/mol. The first-order chi connectivity index (χ1) is 8.97. The van der Waals surface area contributed by atoms with E-state index in [0.717, 1.165) is 12.6 Å². The number of rotatable bonds is 7. The standard InChI is InChI=1S/C17H36N2/c1-6-17(4,13-18-15(2)3)14-19(5)16-11-9-7-8-10-12-16/h15-16,18H,6-14H2,1-5H3. The van der Waals surface area contributed by atoms with Crippen LogP contribution in [0.25, 0.3) is 0 Å². The van der Waals surface area contributed by atoms with Gasteiger partial charge in [-0.3, -0.25) is 0 Å². The smallest absolute Gasteiger partial charge is 0.00924 e. The Morgan fingerprint density at radius 2 is 1.74 bits per heavy atom. The summed E-state index contributed by atoms with van der Waals surface area (Å²) in [6, 6.07) is 1.42. The molecule has 0 saturated heterocycles. The minimum absolute atomic E-state index is 0.408. The van der Waals surface area contributed by atoms with Gasteiger partial charge in [-0.2, -0.15) is 0 Å². The Hall–Kier alpha value is -0.0800. The van der Waals surface area contributed by atoms with Gasteiger partial charge in [-0.25, -0.2) is 0 Å². The van der Waals surface area contributed by atoms with E-state index in [0.29, 0.717) is 11.5 Å². The third-order valence-corrected chi connectivity index (χ3v) is 4.87. The molecule has 1 aliphatic carbocycles. The first kappa shape index (κ1) is 17.0.